The molecule has 0 fully saturated rings. The topological polar surface area (TPSA) is 46.2 Å². The first-order valence-electron chi connectivity index (χ1n) is 5.42. The van der Waals surface area contributed by atoms with Gasteiger partial charge in [0.05, 0.1) is 0 Å². The van der Waals surface area contributed by atoms with Crippen LogP contribution in [0.15, 0.2) is 47.4 Å². The molecular weight excluding hydrogens is 230 g/mol. The lowest BCUT2D eigenvalue weighted by molar-refractivity contribution is 0.471. The van der Waals surface area contributed by atoms with Crippen molar-refractivity contribution in [2.75, 3.05) is 5.73 Å². The van der Waals surface area contributed by atoms with Gasteiger partial charge in [-0.3, -0.25) is 0 Å². The summed E-state index contributed by atoms with van der Waals surface area (Å²) in [6, 6.07) is 13.5. The molecule has 2 nitrogen and oxygen atoms in total. The van der Waals surface area contributed by atoms with E-state index >= 15 is 0 Å². The highest BCUT2D eigenvalue weighted by molar-refractivity contribution is 7.98. The van der Waals surface area contributed by atoms with Gasteiger partial charge in [0, 0.05) is 21.9 Å². The minimum absolute atomic E-state index is 0.304. The molecule has 0 unspecified atom stereocenters. The highest BCUT2D eigenvalue weighted by Crippen LogP contribution is 2.28. The summed E-state index contributed by atoms with van der Waals surface area (Å²) < 4.78 is 0. The first kappa shape index (κ1) is 11.9. The molecule has 2 aromatic carbocycles. The summed E-state index contributed by atoms with van der Waals surface area (Å²) in [7, 11) is 0. The van der Waals surface area contributed by atoms with Crippen molar-refractivity contribution in [3.63, 3.8) is 0 Å². The van der Waals surface area contributed by atoms with Gasteiger partial charge in [-0.2, -0.15) is 0 Å². The molecular formula is C14H15NOS. The van der Waals surface area contributed by atoms with E-state index in [-0.39, 0.29) is 0 Å². The number of thioether (sulfide) groups is 1. The van der Waals surface area contributed by atoms with Crippen LogP contribution >= 0.6 is 11.8 Å². The maximum absolute atomic E-state index is 9.69. The van der Waals surface area contributed by atoms with E-state index < -0.39 is 0 Å². The van der Waals surface area contributed by atoms with Crippen LogP contribution in [0.4, 0.5) is 5.69 Å². The Labute approximate surface area is 105 Å². The number of phenols is 1. The van der Waals surface area contributed by atoms with Crippen LogP contribution in [0.1, 0.15) is 11.1 Å². The van der Waals surface area contributed by atoms with E-state index in [2.05, 4.69) is 31.2 Å². The van der Waals surface area contributed by atoms with Gasteiger partial charge in [-0.05, 0) is 37.3 Å². The Morgan fingerprint density at radius 3 is 2.53 bits per heavy atom. The van der Waals surface area contributed by atoms with E-state index in [4.69, 9.17) is 5.73 Å². The van der Waals surface area contributed by atoms with E-state index in [1.807, 2.05) is 6.07 Å². The van der Waals surface area contributed by atoms with Gasteiger partial charge >= 0.3 is 0 Å². The Balaban J connectivity index is 2.07. The molecule has 88 valence electrons. The van der Waals surface area contributed by atoms with E-state index in [1.165, 1.54) is 10.5 Å². The predicted octanol–water partition coefficient (Wildman–Crippen LogP) is 3.58. The van der Waals surface area contributed by atoms with Crippen LogP contribution in [0.2, 0.25) is 0 Å². The molecule has 0 amide bonds. The first-order chi connectivity index (χ1) is 8.15. The van der Waals surface area contributed by atoms with Crippen LogP contribution < -0.4 is 5.73 Å². The van der Waals surface area contributed by atoms with Gasteiger partial charge in [-0.1, -0.05) is 17.7 Å². The molecule has 2 aromatic rings. The molecule has 0 bridgehead atoms. The largest absolute Gasteiger partial charge is 0.508 e. The maximum atomic E-state index is 9.69. The molecule has 2 rings (SSSR count). The monoisotopic (exact) mass is 245 g/mol. The number of nitrogens with two attached hydrogens (primary N) is 1. The lowest BCUT2D eigenvalue weighted by atomic mass is 10.2. The fourth-order valence-corrected chi connectivity index (χ4v) is 2.40. The molecule has 0 radical (unpaired) electrons. The number of aromatic hydroxyl groups is 1. The number of anilines is 1. The molecule has 0 aliphatic rings. The van der Waals surface area contributed by atoms with Crippen molar-refractivity contribution in [2.45, 2.75) is 17.6 Å². The van der Waals surface area contributed by atoms with E-state index in [0.717, 1.165) is 11.3 Å². The Kier molecular flexibility index (Phi) is 3.59. The van der Waals surface area contributed by atoms with Crippen LogP contribution in [0, 0.1) is 6.92 Å². The molecule has 3 N–H and O–H groups in total. The molecule has 0 aromatic heterocycles. The number of rotatable bonds is 3. The molecule has 0 aliphatic heterocycles. The van der Waals surface area contributed by atoms with Gasteiger partial charge < -0.3 is 10.8 Å². The summed E-state index contributed by atoms with van der Waals surface area (Å²) in [5.41, 5.74) is 8.50. The number of aryl methyl sites for hydroxylation is 1. The van der Waals surface area contributed by atoms with E-state index in [0.29, 0.717) is 11.4 Å². The predicted molar refractivity (Wildman–Crippen MR) is 73.3 cm³/mol. The molecule has 0 saturated heterocycles. The summed E-state index contributed by atoms with van der Waals surface area (Å²) in [4.78, 5) is 1.19. The van der Waals surface area contributed by atoms with Crippen molar-refractivity contribution in [2.24, 2.45) is 0 Å². The minimum Gasteiger partial charge on any atom is -0.508 e. The van der Waals surface area contributed by atoms with Crippen molar-refractivity contribution < 1.29 is 5.11 Å². The highest BCUT2D eigenvalue weighted by atomic mass is 32.2. The summed E-state index contributed by atoms with van der Waals surface area (Å²) >= 11 is 1.69. The Hall–Kier alpha value is -1.61. The molecule has 0 heterocycles. The average molecular weight is 245 g/mol. The molecule has 0 spiro atoms. The summed E-state index contributed by atoms with van der Waals surface area (Å²) in [6.07, 6.45) is 0. The summed E-state index contributed by atoms with van der Waals surface area (Å²) in [5.74, 6) is 1.03. The van der Waals surface area contributed by atoms with Crippen molar-refractivity contribution in [3.8, 4) is 5.75 Å². The Morgan fingerprint density at radius 1 is 1.12 bits per heavy atom. The van der Waals surface area contributed by atoms with Gasteiger partial charge in [-0.15, -0.1) is 11.8 Å². The van der Waals surface area contributed by atoms with Gasteiger partial charge in [0.25, 0.3) is 0 Å². The van der Waals surface area contributed by atoms with E-state index in [9.17, 15) is 5.11 Å². The molecule has 0 aliphatic carbocycles. The maximum Gasteiger partial charge on any atom is 0.119 e. The van der Waals surface area contributed by atoms with Crippen molar-refractivity contribution in [1.82, 2.24) is 0 Å². The zero-order chi connectivity index (χ0) is 12.3. The van der Waals surface area contributed by atoms with Gasteiger partial charge in [0.15, 0.2) is 0 Å². The van der Waals surface area contributed by atoms with Crippen molar-refractivity contribution in [1.29, 1.82) is 0 Å². The van der Waals surface area contributed by atoms with Crippen LogP contribution in [-0.2, 0) is 5.75 Å². The second-order valence-electron chi connectivity index (χ2n) is 3.99. The molecule has 3 heteroatoms. The standard InChI is InChI=1S/C14H15NOS/c1-10-2-5-13(6-3-10)17-9-11-8-12(15)4-7-14(11)16/h2-8,16H,9,15H2,1H3. The zero-order valence-corrected chi connectivity index (χ0v) is 10.5. The summed E-state index contributed by atoms with van der Waals surface area (Å²) in [5, 5.41) is 9.69. The third-order valence-electron chi connectivity index (χ3n) is 2.52. The average Bonchev–Trinajstić information content (AvgIpc) is 2.32. The Morgan fingerprint density at radius 2 is 1.82 bits per heavy atom. The van der Waals surface area contributed by atoms with Gasteiger partial charge in [0.1, 0.15) is 5.75 Å². The lowest BCUT2D eigenvalue weighted by Gasteiger charge is -2.06. The fraction of sp³-hybridized carbons (Fsp3) is 0.143. The fourth-order valence-electron chi connectivity index (χ4n) is 1.52. The number of phenolic OH excluding ortho intramolecular Hbond substituents is 1. The number of hydrogen-bond acceptors (Lipinski definition) is 3. The van der Waals surface area contributed by atoms with Gasteiger partial charge in [-0.25, -0.2) is 0 Å². The van der Waals surface area contributed by atoms with Crippen LogP contribution in [-0.4, -0.2) is 5.11 Å². The molecule has 0 saturated carbocycles. The van der Waals surface area contributed by atoms with Crippen LogP contribution in [0.5, 0.6) is 5.75 Å². The second kappa shape index (κ2) is 5.15. The third-order valence-corrected chi connectivity index (χ3v) is 3.58. The quantitative estimate of drug-likeness (QED) is 0.493. The van der Waals surface area contributed by atoms with Crippen molar-refractivity contribution in [3.05, 3.63) is 53.6 Å². The SMILES string of the molecule is Cc1ccc(SCc2cc(N)ccc2O)cc1. The zero-order valence-electron chi connectivity index (χ0n) is 9.68. The minimum atomic E-state index is 0.304. The lowest BCUT2D eigenvalue weighted by Crippen LogP contribution is -1.88. The smallest absolute Gasteiger partial charge is 0.119 e. The number of benzene rings is 2. The summed E-state index contributed by atoms with van der Waals surface area (Å²) in [6.45, 7) is 2.07. The normalized spacial score (nSPS) is 10.4. The Bertz CT molecular complexity index is 508. The molecule has 0 atom stereocenters. The van der Waals surface area contributed by atoms with E-state index in [1.54, 1.807) is 23.9 Å². The number of nitrogen functional groups attached to an aromatic ring is 1. The first-order valence-corrected chi connectivity index (χ1v) is 6.40. The molecule has 17 heavy (non-hydrogen) atoms. The van der Waals surface area contributed by atoms with Gasteiger partial charge in [0.2, 0.25) is 0 Å². The van der Waals surface area contributed by atoms with Crippen LogP contribution in [0.3, 0.4) is 0 Å². The van der Waals surface area contributed by atoms with Crippen molar-refractivity contribution >= 4 is 17.4 Å². The second-order valence-corrected chi connectivity index (χ2v) is 5.04. The van der Waals surface area contributed by atoms with Crippen LogP contribution in [0.25, 0.3) is 0 Å². The highest BCUT2D eigenvalue weighted by Gasteiger charge is 2.02. The number of hydrogen-bond donors (Lipinski definition) is 2. The third kappa shape index (κ3) is 3.17.